The second-order valence-corrected chi connectivity index (χ2v) is 4.57. The van der Waals surface area contributed by atoms with Crippen molar-refractivity contribution in [1.82, 2.24) is 4.98 Å². The second-order valence-electron chi connectivity index (χ2n) is 4.13. The van der Waals surface area contributed by atoms with Crippen LogP contribution in [0.2, 0.25) is 5.02 Å². The van der Waals surface area contributed by atoms with Gasteiger partial charge in [0.05, 0.1) is 5.02 Å². The molecular weight excluding hydrogens is 356 g/mol. The van der Waals surface area contributed by atoms with Gasteiger partial charge in [0.1, 0.15) is 11.6 Å². The summed E-state index contributed by atoms with van der Waals surface area (Å²) < 4.78 is 44.6. The van der Waals surface area contributed by atoms with Gasteiger partial charge in [-0.1, -0.05) is 17.7 Å². The van der Waals surface area contributed by atoms with Crippen LogP contribution in [0.3, 0.4) is 0 Å². The minimum atomic E-state index is -5.08. The zero-order valence-electron chi connectivity index (χ0n) is 11.6. The van der Waals surface area contributed by atoms with Crippen LogP contribution in [0, 0.1) is 5.82 Å². The third-order valence-corrected chi connectivity index (χ3v) is 2.52. The molecule has 1 aromatic carbocycles. The van der Waals surface area contributed by atoms with E-state index < -0.39 is 23.9 Å². The molecule has 24 heavy (non-hydrogen) atoms. The number of hydrogen-bond donors (Lipinski definition) is 2. The number of halogens is 5. The molecule has 0 saturated heterocycles. The first kappa shape index (κ1) is 19.4. The maximum absolute atomic E-state index is 12.9. The molecule has 0 saturated carbocycles. The lowest BCUT2D eigenvalue weighted by molar-refractivity contribution is -0.192. The first-order chi connectivity index (χ1) is 11.1. The van der Waals surface area contributed by atoms with Gasteiger partial charge in [-0.15, -0.1) is 0 Å². The molecule has 1 aromatic heterocycles. The van der Waals surface area contributed by atoms with Crippen LogP contribution in [-0.2, 0) is 4.79 Å². The molecule has 10 heteroatoms. The van der Waals surface area contributed by atoms with Crippen LogP contribution < -0.4 is 5.32 Å². The Bertz CT molecular complexity index is 721. The molecule has 0 unspecified atom stereocenters. The van der Waals surface area contributed by atoms with Crippen molar-refractivity contribution in [3.63, 3.8) is 0 Å². The second kappa shape index (κ2) is 8.25. The average molecular weight is 365 g/mol. The first-order valence-electron chi connectivity index (χ1n) is 6.08. The van der Waals surface area contributed by atoms with E-state index in [-0.39, 0.29) is 5.56 Å². The Morgan fingerprint density at radius 2 is 1.79 bits per heavy atom. The Kier molecular flexibility index (Phi) is 6.66. The molecule has 0 atom stereocenters. The Hall–Kier alpha value is -2.68. The predicted molar refractivity (Wildman–Crippen MR) is 77.3 cm³/mol. The summed E-state index contributed by atoms with van der Waals surface area (Å²) in [6, 6.07) is 8.60. The van der Waals surface area contributed by atoms with Crippen LogP contribution in [0.1, 0.15) is 10.4 Å². The average Bonchev–Trinajstić information content (AvgIpc) is 2.49. The lowest BCUT2D eigenvalue weighted by atomic mass is 10.2. The van der Waals surface area contributed by atoms with E-state index in [1.807, 2.05) is 0 Å². The maximum Gasteiger partial charge on any atom is 0.490 e. The summed E-state index contributed by atoms with van der Waals surface area (Å²) in [7, 11) is 0. The van der Waals surface area contributed by atoms with Crippen molar-refractivity contribution in [2.24, 2.45) is 0 Å². The normalized spacial score (nSPS) is 10.4. The fraction of sp³-hybridized carbons (Fsp3) is 0.0714. The van der Waals surface area contributed by atoms with Gasteiger partial charge in [-0.3, -0.25) is 4.79 Å². The number of amides is 1. The van der Waals surface area contributed by atoms with Gasteiger partial charge in [0.2, 0.25) is 0 Å². The molecule has 0 bridgehead atoms. The number of carboxylic acid groups (broad SMARTS) is 1. The van der Waals surface area contributed by atoms with Gasteiger partial charge in [-0.2, -0.15) is 13.2 Å². The number of carbonyl (C=O) groups excluding carboxylic acids is 1. The van der Waals surface area contributed by atoms with E-state index in [9.17, 15) is 22.4 Å². The zero-order valence-corrected chi connectivity index (χ0v) is 12.4. The zero-order chi connectivity index (χ0) is 18.3. The molecule has 0 radical (unpaired) electrons. The van der Waals surface area contributed by atoms with Crippen molar-refractivity contribution < 1.29 is 32.3 Å². The van der Waals surface area contributed by atoms with Crippen LogP contribution in [0.15, 0.2) is 42.6 Å². The van der Waals surface area contributed by atoms with Gasteiger partial charge in [0.25, 0.3) is 5.91 Å². The molecule has 0 fully saturated rings. The molecule has 2 N–H and O–H groups in total. The van der Waals surface area contributed by atoms with E-state index >= 15 is 0 Å². The van der Waals surface area contributed by atoms with Crippen LogP contribution >= 0.6 is 11.6 Å². The van der Waals surface area contributed by atoms with Crippen molar-refractivity contribution in [2.45, 2.75) is 6.18 Å². The van der Waals surface area contributed by atoms with Crippen molar-refractivity contribution in [2.75, 3.05) is 5.32 Å². The molecule has 0 spiro atoms. The highest BCUT2D eigenvalue weighted by atomic mass is 35.5. The summed E-state index contributed by atoms with van der Waals surface area (Å²) in [5, 5.41) is 10.1. The van der Waals surface area contributed by atoms with Crippen molar-refractivity contribution in [1.29, 1.82) is 0 Å². The summed E-state index contributed by atoms with van der Waals surface area (Å²) in [6.07, 6.45) is -3.66. The van der Waals surface area contributed by atoms with E-state index in [0.29, 0.717) is 10.8 Å². The van der Waals surface area contributed by atoms with Crippen LogP contribution in [0.5, 0.6) is 0 Å². The number of carbonyl (C=O) groups is 2. The monoisotopic (exact) mass is 364 g/mol. The van der Waals surface area contributed by atoms with Crippen molar-refractivity contribution in [3.05, 3.63) is 59.0 Å². The first-order valence-corrected chi connectivity index (χ1v) is 6.46. The highest BCUT2D eigenvalue weighted by molar-refractivity contribution is 6.30. The summed E-state index contributed by atoms with van der Waals surface area (Å²) in [5.74, 6) is -3.27. The fourth-order valence-electron chi connectivity index (χ4n) is 1.27. The van der Waals surface area contributed by atoms with Gasteiger partial charge in [-0.25, -0.2) is 14.2 Å². The number of nitrogens with one attached hydrogen (secondary N) is 1. The Morgan fingerprint density at radius 1 is 1.17 bits per heavy atom. The number of aliphatic carboxylic acids is 1. The smallest absolute Gasteiger partial charge is 0.475 e. The molecule has 1 amide bonds. The van der Waals surface area contributed by atoms with Gasteiger partial charge in [-0.05, 0) is 30.3 Å². The maximum atomic E-state index is 12.9. The third-order valence-electron chi connectivity index (χ3n) is 2.30. The van der Waals surface area contributed by atoms with Gasteiger partial charge in [0.15, 0.2) is 0 Å². The molecule has 128 valence electrons. The van der Waals surface area contributed by atoms with E-state index in [0.717, 1.165) is 6.07 Å². The van der Waals surface area contributed by atoms with Gasteiger partial charge in [0, 0.05) is 11.8 Å². The Labute approximate surface area is 137 Å². The van der Waals surface area contributed by atoms with E-state index in [4.69, 9.17) is 21.5 Å². The number of alkyl halides is 3. The lowest BCUT2D eigenvalue weighted by Gasteiger charge is -2.04. The summed E-state index contributed by atoms with van der Waals surface area (Å²) in [5.41, 5.74) is 0.238. The third kappa shape index (κ3) is 6.61. The number of anilines is 1. The molecule has 2 rings (SSSR count). The lowest BCUT2D eigenvalue weighted by Crippen LogP contribution is -2.21. The standard InChI is InChI=1S/C12H8ClFN2O.C2HF3O2/c13-9-4-5-11(15-7-9)16-12(17)8-2-1-3-10(14)6-8;3-2(4,5)1(6)7/h1-7H,(H,15,16,17);(H,6,7). The van der Waals surface area contributed by atoms with Crippen molar-refractivity contribution >= 4 is 29.3 Å². The predicted octanol–water partition coefficient (Wildman–Crippen LogP) is 3.76. The van der Waals surface area contributed by atoms with Crippen LogP contribution in [0.25, 0.3) is 0 Å². The minimum absolute atomic E-state index is 0.238. The number of carboxylic acids is 1. The largest absolute Gasteiger partial charge is 0.490 e. The number of benzene rings is 1. The number of aromatic nitrogens is 1. The SMILES string of the molecule is O=C(Nc1ccc(Cl)cn1)c1cccc(F)c1.O=C(O)C(F)(F)F. The summed E-state index contributed by atoms with van der Waals surface area (Å²) >= 11 is 5.66. The van der Waals surface area contributed by atoms with E-state index in [2.05, 4.69) is 10.3 Å². The van der Waals surface area contributed by atoms with Crippen LogP contribution in [0.4, 0.5) is 23.4 Å². The number of pyridine rings is 1. The number of hydrogen-bond acceptors (Lipinski definition) is 3. The molecule has 2 aromatic rings. The number of rotatable bonds is 2. The quantitative estimate of drug-likeness (QED) is 0.795. The highest BCUT2D eigenvalue weighted by Gasteiger charge is 2.38. The molecule has 5 nitrogen and oxygen atoms in total. The molecular formula is C14H9ClF4N2O3. The summed E-state index contributed by atoms with van der Waals surface area (Å²) in [6.45, 7) is 0. The van der Waals surface area contributed by atoms with E-state index in [1.54, 1.807) is 12.1 Å². The Balaban J connectivity index is 0.000000351. The number of nitrogens with zero attached hydrogens (tertiary/aromatic N) is 1. The van der Waals surface area contributed by atoms with Crippen molar-refractivity contribution in [3.8, 4) is 0 Å². The highest BCUT2D eigenvalue weighted by Crippen LogP contribution is 2.13. The molecule has 0 aliphatic rings. The fourth-order valence-corrected chi connectivity index (χ4v) is 1.38. The van der Waals surface area contributed by atoms with Crippen LogP contribution in [-0.4, -0.2) is 28.1 Å². The molecule has 0 aliphatic heterocycles. The summed E-state index contributed by atoms with van der Waals surface area (Å²) in [4.78, 5) is 24.5. The topological polar surface area (TPSA) is 79.3 Å². The molecule has 0 aliphatic carbocycles. The molecule has 1 heterocycles. The minimum Gasteiger partial charge on any atom is -0.475 e. The van der Waals surface area contributed by atoms with Gasteiger partial charge < -0.3 is 10.4 Å². The van der Waals surface area contributed by atoms with Gasteiger partial charge >= 0.3 is 12.1 Å². The Morgan fingerprint density at radius 3 is 2.25 bits per heavy atom. The van der Waals surface area contributed by atoms with E-state index in [1.165, 1.54) is 24.4 Å².